The number of amides is 1. The van der Waals surface area contributed by atoms with Gasteiger partial charge in [0.25, 0.3) is 0 Å². The van der Waals surface area contributed by atoms with Crippen LogP contribution >= 0.6 is 11.6 Å². The molecule has 2 aliphatic carbocycles. The minimum atomic E-state index is 0.0493. The van der Waals surface area contributed by atoms with E-state index in [1.807, 2.05) is 26.0 Å². The minimum Gasteiger partial charge on any atom is -0.323 e. The highest BCUT2D eigenvalue weighted by Gasteiger charge is 2.39. The first kappa shape index (κ1) is 15.8. The second-order valence-electron chi connectivity index (χ2n) is 6.97. The number of halogens is 1. The van der Waals surface area contributed by atoms with Gasteiger partial charge in [-0.25, -0.2) is 0 Å². The van der Waals surface area contributed by atoms with Gasteiger partial charge in [0, 0.05) is 12.1 Å². The second kappa shape index (κ2) is 6.21. The first-order chi connectivity index (χ1) is 10.5. The van der Waals surface area contributed by atoms with E-state index in [9.17, 15) is 4.79 Å². The van der Waals surface area contributed by atoms with Crippen molar-refractivity contribution in [2.24, 2.45) is 5.92 Å². The molecule has 120 valence electrons. The lowest BCUT2D eigenvalue weighted by Crippen LogP contribution is -2.42. The molecule has 2 fully saturated rings. The smallest absolute Gasteiger partial charge is 0.238 e. The maximum Gasteiger partial charge on any atom is 0.238 e. The SMILES string of the molecule is Cc1cc(C)c(NC(=O)CN(C2CC2)C(C)C2CC2)c(Cl)c1. The van der Waals surface area contributed by atoms with Crippen LogP contribution in [-0.4, -0.2) is 29.4 Å². The Hall–Kier alpha value is -1.06. The summed E-state index contributed by atoms with van der Waals surface area (Å²) in [4.78, 5) is 14.9. The fourth-order valence-electron chi connectivity index (χ4n) is 3.28. The van der Waals surface area contributed by atoms with Crippen molar-refractivity contribution in [3.8, 4) is 0 Å². The van der Waals surface area contributed by atoms with E-state index in [0.717, 1.165) is 22.7 Å². The van der Waals surface area contributed by atoms with Crippen LogP contribution in [0, 0.1) is 19.8 Å². The molecule has 1 aromatic rings. The number of carbonyl (C=O) groups excluding carboxylic acids is 1. The average molecular weight is 321 g/mol. The summed E-state index contributed by atoms with van der Waals surface area (Å²) in [5, 5.41) is 3.64. The first-order valence-corrected chi connectivity index (χ1v) is 8.66. The number of nitrogens with one attached hydrogen (secondary N) is 1. The largest absolute Gasteiger partial charge is 0.323 e. The zero-order chi connectivity index (χ0) is 15.9. The number of carbonyl (C=O) groups is 1. The maximum absolute atomic E-state index is 12.5. The Balaban J connectivity index is 1.66. The molecule has 0 heterocycles. The lowest BCUT2D eigenvalue weighted by molar-refractivity contribution is -0.118. The number of rotatable bonds is 6. The molecule has 1 atom stereocenters. The van der Waals surface area contributed by atoms with Crippen LogP contribution in [0.4, 0.5) is 5.69 Å². The summed E-state index contributed by atoms with van der Waals surface area (Å²) in [6.07, 6.45) is 5.09. The zero-order valence-corrected chi connectivity index (χ0v) is 14.4. The molecular formula is C18H25ClN2O. The predicted octanol–water partition coefficient (Wildman–Crippen LogP) is 4.16. The van der Waals surface area contributed by atoms with Gasteiger partial charge in [-0.2, -0.15) is 0 Å². The molecule has 22 heavy (non-hydrogen) atoms. The van der Waals surface area contributed by atoms with Gasteiger partial charge in [0.1, 0.15) is 0 Å². The molecular weight excluding hydrogens is 296 g/mol. The Morgan fingerprint density at radius 3 is 2.55 bits per heavy atom. The fourth-order valence-corrected chi connectivity index (χ4v) is 3.65. The van der Waals surface area contributed by atoms with Gasteiger partial charge in [-0.15, -0.1) is 0 Å². The number of anilines is 1. The second-order valence-corrected chi connectivity index (χ2v) is 7.38. The predicted molar refractivity (Wildman–Crippen MR) is 91.5 cm³/mol. The van der Waals surface area contributed by atoms with E-state index in [1.54, 1.807) is 0 Å². The number of hydrogen-bond acceptors (Lipinski definition) is 2. The van der Waals surface area contributed by atoms with E-state index >= 15 is 0 Å². The molecule has 1 N–H and O–H groups in total. The monoisotopic (exact) mass is 320 g/mol. The van der Waals surface area contributed by atoms with Crippen LogP contribution in [-0.2, 0) is 4.79 Å². The first-order valence-electron chi connectivity index (χ1n) is 8.28. The molecule has 4 heteroatoms. The number of hydrogen-bond donors (Lipinski definition) is 1. The number of aryl methyl sites for hydroxylation is 2. The van der Waals surface area contributed by atoms with Gasteiger partial charge in [0.05, 0.1) is 17.3 Å². The Kier molecular flexibility index (Phi) is 4.47. The standard InChI is InChI=1S/C18H25ClN2O/c1-11-8-12(2)18(16(19)9-11)20-17(22)10-21(15-6-7-15)13(3)14-4-5-14/h8-9,13-15H,4-7,10H2,1-3H3,(H,20,22). The quantitative estimate of drug-likeness (QED) is 0.853. The van der Waals surface area contributed by atoms with Crippen molar-refractivity contribution in [2.45, 2.75) is 58.5 Å². The van der Waals surface area contributed by atoms with Gasteiger partial charge < -0.3 is 5.32 Å². The lowest BCUT2D eigenvalue weighted by Gasteiger charge is -2.28. The summed E-state index contributed by atoms with van der Waals surface area (Å²) in [5.41, 5.74) is 2.89. The Bertz CT molecular complexity index is 555. The summed E-state index contributed by atoms with van der Waals surface area (Å²) >= 11 is 6.28. The molecule has 0 bridgehead atoms. The van der Waals surface area contributed by atoms with Crippen LogP contribution in [0.2, 0.25) is 5.02 Å². The highest BCUT2D eigenvalue weighted by atomic mass is 35.5. The summed E-state index contributed by atoms with van der Waals surface area (Å²) in [7, 11) is 0. The third-order valence-corrected chi connectivity index (χ3v) is 5.16. The third kappa shape index (κ3) is 3.64. The topological polar surface area (TPSA) is 32.3 Å². The molecule has 3 rings (SSSR count). The van der Waals surface area contributed by atoms with Crippen LogP contribution in [0.5, 0.6) is 0 Å². The Morgan fingerprint density at radius 2 is 2.00 bits per heavy atom. The van der Waals surface area contributed by atoms with Crippen molar-refractivity contribution >= 4 is 23.2 Å². The molecule has 1 aromatic carbocycles. The highest BCUT2D eigenvalue weighted by Crippen LogP contribution is 2.39. The summed E-state index contributed by atoms with van der Waals surface area (Å²) in [5.74, 6) is 0.839. The van der Waals surface area contributed by atoms with Crippen LogP contribution < -0.4 is 5.32 Å². The highest BCUT2D eigenvalue weighted by molar-refractivity contribution is 6.34. The van der Waals surface area contributed by atoms with E-state index < -0.39 is 0 Å². The van der Waals surface area contributed by atoms with Crippen LogP contribution in [0.15, 0.2) is 12.1 Å². The Morgan fingerprint density at radius 1 is 1.32 bits per heavy atom. The molecule has 0 radical (unpaired) electrons. The van der Waals surface area contributed by atoms with Gasteiger partial charge in [0.15, 0.2) is 0 Å². The van der Waals surface area contributed by atoms with Gasteiger partial charge in [-0.3, -0.25) is 9.69 Å². The maximum atomic E-state index is 12.5. The van der Waals surface area contributed by atoms with Crippen LogP contribution in [0.3, 0.4) is 0 Å². The van der Waals surface area contributed by atoms with E-state index in [4.69, 9.17) is 11.6 Å². The molecule has 1 unspecified atom stereocenters. The molecule has 0 aliphatic heterocycles. The van der Waals surface area contributed by atoms with Crippen molar-refractivity contribution in [1.82, 2.24) is 4.90 Å². The van der Waals surface area contributed by atoms with Gasteiger partial charge in [-0.1, -0.05) is 17.7 Å². The van der Waals surface area contributed by atoms with Gasteiger partial charge >= 0.3 is 0 Å². The summed E-state index contributed by atoms with van der Waals surface area (Å²) in [6.45, 7) is 6.75. The molecule has 2 saturated carbocycles. The summed E-state index contributed by atoms with van der Waals surface area (Å²) < 4.78 is 0. The molecule has 0 spiro atoms. The van der Waals surface area contributed by atoms with E-state index in [2.05, 4.69) is 17.1 Å². The van der Waals surface area contributed by atoms with Gasteiger partial charge in [-0.05, 0) is 69.6 Å². The van der Waals surface area contributed by atoms with Crippen molar-refractivity contribution in [3.63, 3.8) is 0 Å². The van der Waals surface area contributed by atoms with Crippen molar-refractivity contribution in [1.29, 1.82) is 0 Å². The van der Waals surface area contributed by atoms with Gasteiger partial charge in [0.2, 0.25) is 5.91 Å². The summed E-state index contributed by atoms with van der Waals surface area (Å²) in [6, 6.07) is 5.08. The number of nitrogens with zero attached hydrogens (tertiary/aromatic N) is 1. The number of benzene rings is 1. The van der Waals surface area contributed by atoms with E-state index in [0.29, 0.717) is 23.7 Å². The average Bonchev–Trinajstić information content (AvgIpc) is 3.31. The van der Waals surface area contributed by atoms with E-state index in [-0.39, 0.29) is 5.91 Å². The van der Waals surface area contributed by atoms with Crippen molar-refractivity contribution in [3.05, 3.63) is 28.3 Å². The third-order valence-electron chi connectivity index (χ3n) is 4.87. The van der Waals surface area contributed by atoms with Crippen LogP contribution in [0.1, 0.15) is 43.7 Å². The Labute approximate surface area is 138 Å². The van der Waals surface area contributed by atoms with Crippen LogP contribution in [0.25, 0.3) is 0 Å². The minimum absolute atomic E-state index is 0.0493. The molecule has 2 aliphatic rings. The molecule has 0 aromatic heterocycles. The van der Waals surface area contributed by atoms with Crippen molar-refractivity contribution in [2.75, 3.05) is 11.9 Å². The fraction of sp³-hybridized carbons (Fsp3) is 0.611. The molecule has 3 nitrogen and oxygen atoms in total. The molecule has 0 saturated heterocycles. The zero-order valence-electron chi connectivity index (χ0n) is 13.7. The lowest BCUT2D eigenvalue weighted by atomic mass is 10.1. The normalized spacial score (nSPS) is 19.3. The van der Waals surface area contributed by atoms with Crippen molar-refractivity contribution < 1.29 is 4.79 Å². The molecule has 1 amide bonds. The van der Waals surface area contributed by atoms with E-state index in [1.165, 1.54) is 25.7 Å².